The van der Waals surface area contributed by atoms with Gasteiger partial charge in [-0.15, -0.1) is 0 Å². The molecule has 1 aliphatic rings. The highest BCUT2D eigenvalue weighted by molar-refractivity contribution is 6.31. The molecule has 0 saturated carbocycles. The maximum Gasteiger partial charge on any atom is 0.125 e. The fourth-order valence-electron chi connectivity index (χ4n) is 3.14. The van der Waals surface area contributed by atoms with E-state index in [0.29, 0.717) is 6.54 Å². The van der Waals surface area contributed by atoms with Crippen LogP contribution in [0.4, 0.5) is 0 Å². The summed E-state index contributed by atoms with van der Waals surface area (Å²) in [7, 11) is 1.69. The lowest BCUT2D eigenvalue weighted by Gasteiger charge is -2.37. The number of halogens is 1. The number of benzene rings is 1. The smallest absolute Gasteiger partial charge is 0.125 e. The Bertz CT molecular complexity index is 430. The zero-order chi connectivity index (χ0) is 14.5. The summed E-state index contributed by atoms with van der Waals surface area (Å²) in [5.74, 6) is 1.70. The zero-order valence-corrected chi connectivity index (χ0v) is 13.2. The molecule has 1 saturated heterocycles. The minimum atomic E-state index is 0.149. The van der Waals surface area contributed by atoms with E-state index < -0.39 is 0 Å². The summed E-state index contributed by atoms with van der Waals surface area (Å²) in [5, 5.41) is 0.748. The highest BCUT2D eigenvalue weighted by Gasteiger charge is 2.28. The first-order valence-corrected chi connectivity index (χ1v) is 7.85. The molecule has 1 aliphatic heterocycles. The minimum Gasteiger partial charge on any atom is -0.496 e. The van der Waals surface area contributed by atoms with Gasteiger partial charge in [0.25, 0.3) is 0 Å². The van der Waals surface area contributed by atoms with Gasteiger partial charge < -0.3 is 10.5 Å². The largest absolute Gasteiger partial charge is 0.496 e. The third-order valence-corrected chi connectivity index (χ3v) is 4.79. The number of nitrogens with two attached hydrogens (primary N) is 1. The fourth-order valence-corrected chi connectivity index (χ4v) is 3.43. The molecule has 2 N–H and O–H groups in total. The summed E-state index contributed by atoms with van der Waals surface area (Å²) in [5.41, 5.74) is 7.08. The molecule has 1 unspecified atom stereocenters. The molecule has 0 aliphatic carbocycles. The van der Waals surface area contributed by atoms with Crippen molar-refractivity contribution in [2.24, 2.45) is 11.7 Å². The van der Waals surface area contributed by atoms with Crippen LogP contribution in [0.2, 0.25) is 5.02 Å². The summed E-state index contributed by atoms with van der Waals surface area (Å²) >= 11 is 6.39. The number of methoxy groups -OCH3 is 1. The third-order valence-electron chi connectivity index (χ3n) is 4.46. The van der Waals surface area contributed by atoms with Crippen LogP contribution in [0.1, 0.15) is 37.8 Å². The van der Waals surface area contributed by atoms with Crippen LogP contribution in [-0.4, -0.2) is 31.6 Å². The van der Waals surface area contributed by atoms with Gasteiger partial charge in [-0.1, -0.05) is 31.0 Å². The maximum absolute atomic E-state index is 6.39. The molecule has 1 aromatic carbocycles. The van der Waals surface area contributed by atoms with Gasteiger partial charge in [-0.3, -0.25) is 4.90 Å². The molecule has 2 rings (SSSR count). The van der Waals surface area contributed by atoms with Crippen molar-refractivity contribution in [2.45, 2.75) is 32.2 Å². The zero-order valence-electron chi connectivity index (χ0n) is 12.4. The predicted molar refractivity (Wildman–Crippen MR) is 84.4 cm³/mol. The molecule has 0 radical (unpaired) electrons. The molecular formula is C16H25ClN2O. The fraction of sp³-hybridized carbons (Fsp3) is 0.625. The number of nitrogens with zero attached hydrogens (tertiary/aromatic N) is 1. The van der Waals surface area contributed by atoms with Crippen LogP contribution in [0.25, 0.3) is 0 Å². The first-order valence-electron chi connectivity index (χ1n) is 7.47. The highest BCUT2D eigenvalue weighted by atomic mass is 35.5. The Kier molecular flexibility index (Phi) is 5.70. The Morgan fingerprint density at radius 3 is 2.65 bits per heavy atom. The van der Waals surface area contributed by atoms with E-state index in [-0.39, 0.29) is 6.04 Å². The normalized spacial score (nSPS) is 19.0. The van der Waals surface area contributed by atoms with Crippen LogP contribution in [0, 0.1) is 5.92 Å². The van der Waals surface area contributed by atoms with E-state index in [0.717, 1.165) is 35.3 Å². The van der Waals surface area contributed by atoms with Crippen LogP contribution in [0.15, 0.2) is 18.2 Å². The molecule has 1 heterocycles. The van der Waals surface area contributed by atoms with Crippen molar-refractivity contribution in [3.8, 4) is 5.75 Å². The van der Waals surface area contributed by atoms with Crippen molar-refractivity contribution in [1.82, 2.24) is 4.90 Å². The quantitative estimate of drug-likeness (QED) is 0.904. The summed E-state index contributed by atoms with van der Waals surface area (Å²) in [4.78, 5) is 2.45. The Morgan fingerprint density at radius 2 is 2.10 bits per heavy atom. The number of hydrogen-bond donors (Lipinski definition) is 1. The van der Waals surface area contributed by atoms with E-state index in [1.807, 2.05) is 18.2 Å². The summed E-state index contributed by atoms with van der Waals surface area (Å²) in [6.07, 6.45) is 3.77. The maximum atomic E-state index is 6.39. The molecule has 1 aromatic rings. The van der Waals surface area contributed by atoms with Gasteiger partial charge in [0, 0.05) is 17.1 Å². The third kappa shape index (κ3) is 3.27. The van der Waals surface area contributed by atoms with Gasteiger partial charge >= 0.3 is 0 Å². The minimum absolute atomic E-state index is 0.149. The lowest BCUT2D eigenvalue weighted by Crippen LogP contribution is -2.40. The molecule has 4 heteroatoms. The van der Waals surface area contributed by atoms with Crippen LogP contribution in [0.5, 0.6) is 5.75 Å². The van der Waals surface area contributed by atoms with Gasteiger partial charge in [0.1, 0.15) is 5.75 Å². The number of likely N-dealkylation sites (tertiary alicyclic amines) is 1. The van der Waals surface area contributed by atoms with Gasteiger partial charge in [0.05, 0.1) is 13.2 Å². The average molecular weight is 297 g/mol. The molecule has 112 valence electrons. The van der Waals surface area contributed by atoms with E-state index in [1.54, 1.807) is 7.11 Å². The second-order valence-corrected chi connectivity index (χ2v) is 5.90. The number of rotatable bonds is 5. The number of piperidine rings is 1. The van der Waals surface area contributed by atoms with Gasteiger partial charge in [0.15, 0.2) is 0 Å². The molecule has 0 aromatic heterocycles. The average Bonchev–Trinajstić information content (AvgIpc) is 2.50. The molecular weight excluding hydrogens is 272 g/mol. The molecule has 3 nitrogen and oxygen atoms in total. The van der Waals surface area contributed by atoms with Gasteiger partial charge in [-0.25, -0.2) is 0 Å². The Morgan fingerprint density at radius 1 is 1.40 bits per heavy atom. The van der Waals surface area contributed by atoms with E-state index in [9.17, 15) is 0 Å². The van der Waals surface area contributed by atoms with Crippen LogP contribution < -0.4 is 10.5 Å². The predicted octanol–water partition coefficient (Wildman–Crippen LogP) is 3.47. The van der Waals surface area contributed by atoms with Gasteiger partial charge in [0.2, 0.25) is 0 Å². The highest BCUT2D eigenvalue weighted by Crippen LogP contribution is 2.36. The summed E-state index contributed by atoms with van der Waals surface area (Å²) in [6, 6.07) is 5.95. The SMILES string of the molecule is CCC1CCN(C(CN)c2c(Cl)cccc2OC)CC1. The molecule has 0 spiro atoms. The molecule has 1 atom stereocenters. The molecule has 20 heavy (non-hydrogen) atoms. The van der Waals surface area contributed by atoms with E-state index in [1.165, 1.54) is 19.3 Å². The Labute approximate surface area is 127 Å². The van der Waals surface area contributed by atoms with Crippen LogP contribution in [-0.2, 0) is 0 Å². The summed E-state index contributed by atoms with van der Waals surface area (Å²) < 4.78 is 5.48. The van der Waals surface area contributed by atoms with Crippen molar-refractivity contribution in [3.05, 3.63) is 28.8 Å². The number of ether oxygens (including phenoxy) is 1. The monoisotopic (exact) mass is 296 g/mol. The lowest BCUT2D eigenvalue weighted by atomic mass is 9.92. The first-order chi connectivity index (χ1) is 9.71. The van der Waals surface area contributed by atoms with E-state index >= 15 is 0 Å². The van der Waals surface area contributed by atoms with Gasteiger partial charge in [-0.2, -0.15) is 0 Å². The van der Waals surface area contributed by atoms with E-state index in [4.69, 9.17) is 22.1 Å². The number of hydrogen-bond acceptors (Lipinski definition) is 3. The Hall–Kier alpha value is -0.770. The molecule has 1 fully saturated rings. The molecule has 0 bridgehead atoms. The van der Waals surface area contributed by atoms with Crippen molar-refractivity contribution in [2.75, 3.05) is 26.7 Å². The van der Waals surface area contributed by atoms with Crippen molar-refractivity contribution in [1.29, 1.82) is 0 Å². The first kappa shape index (κ1) is 15.6. The van der Waals surface area contributed by atoms with Crippen LogP contribution >= 0.6 is 11.6 Å². The van der Waals surface area contributed by atoms with E-state index in [2.05, 4.69) is 11.8 Å². The van der Waals surface area contributed by atoms with Gasteiger partial charge in [-0.05, 0) is 44.0 Å². The second kappa shape index (κ2) is 7.30. The topological polar surface area (TPSA) is 38.5 Å². The van der Waals surface area contributed by atoms with Crippen molar-refractivity contribution < 1.29 is 4.74 Å². The Balaban J connectivity index is 2.21. The summed E-state index contributed by atoms with van der Waals surface area (Å²) in [6.45, 7) is 5.03. The standard InChI is InChI=1S/C16H25ClN2O/c1-3-12-7-9-19(10-8-12)14(11-18)16-13(17)5-4-6-15(16)20-2/h4-6,12,14H,3,7-11,18H2,1-2H3. The molecule has 0 amide bonds. The van der Waals surface area contributed by atoms with Crippen LogP contribution in [0.3, 0.4) is 0 Å². The van der Waals surface area contributed by atoms with Crippen molar-refractivity contribution >= 4 is 11.6 Å². The lowest BCUT2D eigenvalue weighted by molar-refractivity contribution is 0.132. The second-order valence-electron chi connectivity index (χ2n) is 5.49. The van der Waals surface area contributed by atoms with Crippen molar-refractivity contribution in [3.63, 3.8) is 0 Å².